The lowest BCUT2D eigenvalue weighted by Crippen LogP contribution is -2.37. The van der Waals surface area contributed by atoms with Gasteiger partial charge in [0, 0.05) is 5.92 Å². The van der Waals surface area contributed by atoms with Gasteiger partial charge < -0.3 is 0 Å². The van der Waals surface area contributed by atoms with Crippen molar-refractivity contribution in [1.29, 1.82) is 0 Å². The smallest absolute Gasteiger partial charge is 0.0526 e. The number of rotatable bonds is 7. The first kappa shape index (κ1) is 29.4. The van der Waals surface area contributed by atoms with Crippen molar-refractivity contribution in [3.8, 4) is 11.1 Å². The topological polar surface area (TPSA) is 0 Å². The fraction of sp³-hybridized carbons (Fsp3) is 0.349. The maximum atomic E-state index is 2.58. The molecule has 0 radical (unpaired) electrons. The second kappa shape index (κ2) is 11.1. The van der Waals surface area contributed by atoms with Crippen molar-refractivity contribution < 1.29 is 0 Å². The summed E-state index contributed by atoms with van der Waals surface area (Å²) in [5.41, 5.74) is 14.1. The van der Waals surface area contributed by atoms with Crippen LogP contribution in [0.1, 0.15) is 113 Å². The van der Waals surface area contributed by atoms with E-state index in [0.29, 0.717) is 0 Å². The lowest BCUT2D eigenvalue weighted by atomic mass is 9.58. The van der Waals surface area contributed by atoms with Gasteiger partial charge in [0.2, 0.25) is 0 Å². The van der Waals surface area contributed by atoms with Gasteiger partial charge in [-0.2, -0.15) is 0 Å². The maximum absolute atomic E-state index is 2.58. The summed E-state index contributed by atoms with van der Waals surface area (Å²) in [6.45, 7) is 16.3. The zero-order chi connectivity index (χ0) is 30.4. The predicted octanol–water partition coefficient (Wildman–Crippen LogP) is 11.8. The van der Waals surface area contributed by atoms with E-state index < -0.39 is 0 Å². The fourth-order valence-corrected chi connectivity index (χ4v) is 7.53. The number of hydrogen-bond acceptors (Lipinski definition) is 0. The van der Waals surface area contributed by atoms with Gasteiger partial charge in [0.15, 0.2) is 0 Å². The molecule has 0 spiro atoms. The molecule has 0 aromatic heterocycles. The Morgan fingerprint density at radius 1 is 0.605 bits per heavy atom. The summed E-state index contributed by atoms with van der Waals surface area (Å²) in [4.78, 5) is 0. The van der Waals surface area contributed by atoms with Gasteiger partial charge in [0.05, 0.1) is 5.41 Å². The lowest BCUT2D eigenvalue weighted by Gasteiger charge is -2.43. The molecule has 2 aliphatic carbocycles. The molecule has 4 aromatic carbocycles. The minimum Gasteiger partial charge on any atom is -0.0772 e. The molecule has 0 heteroatoms. The van der Waals surface area contributed by atoms with E-state index >= 15 is 0 Å². The van der Waals surface area contributed by atoms with E-state index in [-0.39, 0.29) is 22.2 Å². The van der Waals surface area contributed by atoms with Gasteiger partial charge in [-0.3, -0.25) is 0 Å². The van der Waals surface area contributed by atoms with Crippen molar-refractivity contribution in [2.45, 2.75) is 96.3 Å². The van der Waals surface area contributed by atoms with Crippen molar-refractivity contribution in [2.75, 3.05) is 0 Å². The van der Waals surface area contributed by atoms with Gasteiger partial charge in [-0.05, 0) is 74.6 Å². The molecule has 0 saturated heterocycles. The first-order valence-electron chi connectivity index (χ1n) is 16.4. The van der Waals surface area contributed by atoms with Crippen LogP contribution in [0.15, 0.2) is 120 Å². The molecule has 0 saturated carbocycles. The highest BCUT2D eigenvalue weighted by Gasteiger charge is 2.50. The monoisotopic (exact) mass is 564 g/mol. The van der Waals surface area contributed by atoms with E-state index in [0.717, 1.165) is 12.8 Å². The Morgan fingerprint density at radius 2 is 1.09 bits per heavy atom. The second-order valence-corrected chi connectivity index (χ2v) is 14.8. The molecular weight excluding hydrogens is 516 g/mol. The van der Waals surface area contributed by atoms with Crippen LogP contribution in [0.4, 0.5) is 0 Å². The SMILES string of the molecule is CCCCC1=CCC(C(c2ccccc2)(c2ccccc2)C2c3cc(C(C)(C)C)ccc3-c3ccc(C(C)(C)C)cc32)=C1. The van der Waals surface area contributed by atoms with E-state index in [4.69, 9.17) is 0 Å². The highest BCUT2D eigenvalue weighted by atomic mass is 14.5. The standard InChI is InChI=1S/C43H48/c1-8-9-16-30-21-22-35(27-30)43(31-17-12-10-13-18-31,32-19-14-11-15-20-32)40-38-28-33(41(2,3)4)23-25-36(38)37-26-24-34(29-39(37)40)42(5,6)7/h10-15,17-21,23-29,40H,8-9,16,22H2,1-7H3. The average Bonchev–Trinajstić information content (AvgIpc) is 3.60. The summed E-state index contributed by atoms with van der Waals surface area (Å²) in [5.74, 6) is 0.150. The number of allylic oxidation sites excluding steroid dienone is 4. The Labute approximate surface area is 260 Å². The molecule has 0 amide bonds. The van der Waals surface area contributed by atoms with E-state index in [1.165, 1.54) is 68.5 Å². The fourth-order valence-electron chi connectivity index (χ4n) is 7.53. The summed E-state index contributed by atoms with van der Waals surface area (Å²) in [6.07, 6.45) is 9.69. The number of benzene rings is 4. The molecule has 0 aliphatic heterocycles. The number of hydrogen-bond donors (Lipinski definition) is 0. The molecule has 0 bridgehead atoms. The highest BCUT2D eigenvalue weighted by molar-refractivity contribution is 5.82. The van der Waals surface area contributed by atoms with Crippen LogP contribution in [0.3, 0.4) is 0 Å². The molecule has 0 heterocycles. The van der Waals surface area contributed by atoms with Crippen molar-refractivity contribution in [2.24, 2.45) is 0 Å². The van der Waals surface area contributed by atoms with E-state index in [1.54, 1.807) is 0 Å². The molecule has 0 nitrogen and oxygen atoms in total. The maximum Gasteiger partial charge on any atom is 0.0526 e. The van der Waals surface area contributed by atoms with Gasteiger partial charge in [-0.15, -0.1) is 0 Å². The molecule has 2 aliphatic rings. The van der Waals surface area contributed by atoms with Crippen LogP contribution in [0.2, 0.25) is 0 Å². The van der Waals surface area contributed by atoms with E-state index in [9.17, 15) is 0 Å². The summed E-state index contributed by atoms with van der Waals surface area (Å²) in [5, 5.41) is 0. The van der Waals surface area contributed by atoms with Crippen LogP contribution in [-0.2, 0) is 16.2 Å². The summed E-state index contributed by atoms with van der Waals surface area (Å²) in [6, 6.07) is 37.5. The second-order valence-electron chi connectivity index (χ2n) is 14.8. The molecule has 43 heavy (non-hydrogen) atoms. The molecule has 0 N–H and O–H groups in total. The Hall–Kier alpha value is -3.64. The minimum atomic E-state index is -0.347. The van der Waals surface area contributed by atoms with Crippen molar-refractivity contribution in [1.82, 2.24) is 0 Å². The quantitative estimate of drug-likeness (QED) is 0.209. The Kier molecular flexibility index (Phi) is 7.62. The van der Waals surface area contributed by atoms with Crippen LogP contribution in [-0.4, -0.2) is 0 Å². The van der Waals surface area contributed by atoms with E-state index in [2.05, 4.69) is 158 Å². The Balaban J connectivity index is 1.73. The zero-order valence-electron chi connectivity index (χ0n) is 27.3. The first-order chi connectivity index (χ1) is 20.5. The third kappa shape index (κ3) is 5.14. The van der Waals surface area contributed by atoms with Crippen LogP contribution in [0.5, 0.6) is 0 Å². The number of unbranched alkanes of at least 4 members (excludes halogenated alkanes) is 1. The first-order valence-corrected chi connectivity index (χ1v) is 16.4. The third-order valence-corrected chi connectivity index (χ3v) is 9.91. The molecule has 4 aromatic rings. The van der Waals surface area contributed by atoms with Crippen molar-refractivity contribution in [3.05, 3.63) is 154 Å². The van der Waals surface area contributed by atoms with Crippen molar-refractivity contribution >= 4 is 0 Å². The van der Waals surface area contributed by atoms with Gasteiger partial charge in [-0.25, -0.2) is 0 Å². The van der Waals surface area contributed by atoms with Gasteiger partial charge in [0.1, 0.15) is 0 Å². The van der Waals surface area contributed by atoms with Gasteiger partial charge in [-0.1, -0.05) is 175 Å². The highest BCUT2D eigenvalue weighted by Crippen LogP contribution is 2.61. The Morgan fingerprint density at radius 3 is 1.53 bits per heavy atom. The predicted molar refractivity (Wildman–Crippen MR) is 185 cm³/mol. The largest absolute Gasteiger partial charge is 0.0772 e. The van der Waals surface area contributed by atoms with Crippen LogP contribution >= 0.6 is 0 Å². The normalized spacial score (nSPS) is 15.2. The van der Waals surface area contributed by atoms with Crippen molar-refractivity contribution in [3.63, 3.8) is 0 Å². The molecule has 0 atom stereocenters. The van der Waals surface area contributed by atoms with Gasteiger partial charge >= 0.3 is 0 Å². The Bertz CT molecular complexity index is 1560. The minimum absolute atomic E-state index is 0.0641. The molecule has 0 unspecified atom stereocenters. The van der Waals surface area contributed by atoms with Gasteiger partial charge in [0.25, 0.3) is 0 Å². The lowest BCUT2D eigenvalue weighted by molar-refractivity contribution is 0.521. The summed E-state index contributed by atoms with van der Waals surface area (Å²) in [7, 11) is 0. The molecular formula is C43H48. The third-order valence-electron chi connectivity index (χ3n) is 9.91. The van der Waals surface area contributed by atoms with Crippen LogP contribution in [0, 0.1) is 0 Å². The molecule has 0 fully saturated rings. The summed E-state index contributed by atoms with van der Waals surface area (Å²) < 4.78 is 0. The average molecular weight is 565 g/mol. The van der Waals surface area contributed by atoms with E-state index in [1.807, 2.05) is 0 Å². The number of fused-ring (bicyclic) bond motifs is 3. The molecule has 6 rings (SSSR count). The zero-order valence-corrected chi connectivity index (χ0v) is 27.3. The summed E-state index contributed by atoms with van der Waals surface area (Å²) >= 11 is 0. The molecule has 220 valence electrons. The van der Waals surface area contributed by atoms with Crippen LogP contribution in [0.25, 0.3) is 11.1 Å². The van der Waals surface area contributed by atoms with Crippen LogP contribution < -0.4 is 0 Å².